The number of rotatable bonds is 3. The maximum atomic E-state index is 10.4. The molecule has 0 atom stereocenters. The molecule has 1 N–H and O–H groups in total. The van der Waals surface area contributed by atoms with Gasteiger partial charge in [0.15, 0.2) is 0 Å². The van der Waals surface area contributed by atoms with E-state index in [-0.39, 0.29) is 36.2 Å². The van der Waals surface area contributed by atoms with E-state index in [0.717, 1.165) is 12.2 Å². The number of carboxylic acids is 1. The standard InChI is InChI=1S/C6H8O4.Na/c1-2-10-6(9)4-3-5(7)8;/h3-4H,2H2,1H3,(H,7,8);/q;+1/b4-3+;. The summed E-state index contributed by atoms with van der Waals surface area (Å²) < 4.78 is 4.40. The van der Waals surface area contributed by atoms with Crippen molar-refractivity contribution in [1.82, 2.24) is 0 Å². The predicted octanol–water partition coefficient (Wildman–Crippen LogP) is -2.81. The largest absolute Gasteiger partial charge is 1.00 e. The van der Waals surface area contributed by atoms with Gasteiger partial charge >= 0.3 is 41.5 Å². The van der Waals surface area contributed by atoms with Gasteiger partial charge in [-0.25, -0.2) is 9.59 Å². The van der Waals surface area contributed by atoms with E-state index in [1.54, 1.807) is 6.92 Å². The Morgan fingerprint density at radius 2 is 2.00 bits per heavy atom. The van der Waals surface area contributed by atoms with Crippen LogP contribution >= 0.6 is 0 Å². The number of carboxylic acid groups (broad SMARTS) is 1. The van der Waals surface area contributed by atoms with Crippen LogP contribution in [0.4, 0.5) is 0 Å². The summed E-state index contributed by atoms with van der Waals surface area (Å²) >= 11 is 0. The number of ether oxygens (including phenoxy) is 1. The molecule has 11 heavy (non-hydrogen) atoms. The second kappa shape index (κ2) is 7.78. The molecular formula is C6H8NaO4+. The molecule has 0 aromatic carbocycles. The number of aliphatic carboxylic acids is 1. The van der Waals surface area contributed by atoms with Crippen LogP contribution in [0.5, 0.6) is 0 Å². The first-order valence-electron chi connectivity index (χ1n) is 2.74. The number of hydrogen-bond donors (Lipinski definition) is 1. The molecule has 5 heteroatoms. The van der Waals surface area contributed by atoms with E-state index < -0.39 is 11.9 Å². The molecule has 0 bridgehead atoms. The fourth-order valence-electron chi connectivity index (χ4n) is 0.330. The van der Waals surface area contributed by atoms with E-state index in [1.165, 1.54) is 0 Å². The second-order valence-electron chi connectivity index (χ2n) is 1.42. The van der Waals surface area contributed by atoms with Crippen molar-refractivity contribution in [2.24, 2.45) is 0 Å². The van der Waals surface area contributed by atoms with Gasteiger partial charge in [-0.15, -0.1) is 0 Å². The first-order chi connectivity index (χ1) is 4.66. The molecule has 0 saturated heterocycles. The predicted molar refractivity (Wildman–Crippen MR) is 33.4 cm³/mol. The summed E-state index contributed by atoms with van der Waals surface area (Å²) in [5.41, 5.74) is 0. The van der Waals surface area contributed by atoms with Crippen LogP contribution in [0.25, 0.3) is 0 Å². The molecule has 0 aliphatic carbocycles. The SMILES string of the molecule is CCOC(=O)/C=C/C(=O)O.[Na+]. The molecule has 0 spiro atoms. The van der Waals surface area contributed by atoms with Gasteiger partial charge in [0.05, 0.1) is 6.61 Å². The zero-order valence-electron chi connectivity index (χ0n) is 6.53. The normalized spacial score (nSPS) is 8.82. The molecule has 0 fully saturated rings. The third-order valence-electron chi connectivity index (χ3n) is 0.649. The molecule has 4 nitrogen and oxygen atoms in total. The molecule has 0 unspecified atom stereocenters. The minimum absolute atomic E-state index is 0. The Labute approximate surface area is 86.5 Å². The number of hydrogen-bond acceptors (Lipinski definition) is 3. The van der Waals surface area contributed by atoms with E-state index >= 15 is 0 Å². The summed E-state index contributed by atoms with van der Waals surface area (Å²) in [5.74, 6) is -1.79. The van der Waals surface area contributed by atoms with Crippen molar-refractivity contribution in [2.75, 3.05) is 6.61 Å². The van der Waals surface area contributed by atoms with Crippen LogP contribution in [-0.2, 0) is 14.3 Å². The fourth-order valence-corrected chi connectivity index (χ4v) is 0.330. The van der Waals surface area contributed by atoms with E-state index in [2.05, 4.69) is 4.74 Å². The van der Waals surface area contributed by atoms with Crippen molar-refractivity contribution in [1.29, 1.82) is 0 Å². The van der Waals surface area contributed by atoms with Gasteiger partial charge in [0, 0.05) is 12.2 Å². The van der Waals surface area contributed by atoms with Crippen LogP contribution in [0, 0.1) is 0 Å². The Balaban J connectivity index is 0. The molecule has 56 valence electrons. The van der Waals surface area contributed by atoms with E-state index in [9.17, 15) is 9.59 Å². The van der Waals surface area contributed by atoms with Crippen LogP contribution in [0.1, 0.15) is 6.92 Å². The Kier molecular flexibility index (Phi) is 9.40. The third kappa shape index (κ3) is 9.68. The van der Waals surface area contributed by atoms with Gasteiger partial charge in [-0.2, -0.15) is 0 Å². The minimum Gasteiger partial charge on any atom is -0.478 e. The van der Waals surface area contributed by atoms with Gasteiger partial charge < -0.3 is 9.84 Å². The zero-order valence-corrected chi connectivity index (χ0v) is 8.53. The number of carbonyl (C=O) groups is 2. The van der Waals surface area contributed by atoms with Gasteiger partial charge in [0.2, 0.25) is 0 Å². The fraction of sp³-hybridized carbons (Fsp3) is 0.333. The first-order valence-corrected chi connectivity index (χ1v) is 2.74. The summed E-state index contributed by atoms with van der Waals surface area (Å²) in [5, 5.41) is 8.04. The summed E-state index contributed by atoms with van der Waals surface area (Å²) in [6.07, 6.45) is 1.60. The van der Waals surface area contributed by atoms with Crippen molar-refractivity contribution in [3.63, 3.8) is 0 Å². The van der Waals surface area contributed by atoms with Gasteiger partial charge in [0.25, 0.3) is 0 Å². The summed E-state index contributed by atoms with van der Waals surface area (Å²) in [4.78, 5) is 20.2. The third-order valence-corrected chi connectivity index (χ3v) is 0.649. The van der Waals surface area contributed by atoms with Crippen molar-refractivity contribution in [3.8, 4) is 0 Å². The topological polar surface area (TPSA) is 63.6 Å². The Hall–Kier alpha value is -0.320. The molecule has 0 amide bonds. The summed E-state index contributed by atoms with van der Waals surface area (Å²) in [6, 6.07) is 0. The molecular weight excluding hydrogens is 159 g/mol. The molecule has 0 saturated carbocycles. The molecule has 0 aliphatic heterocycles. The number of esters is 1. The van der Waals surface area contributed by atoms with Gasteiger partial charge in [-0.05, 0) is 6.92 Å². The Morgan fingerprint density at radius 1 is 1.45 bits per heavy atom. The molecule has 0 aliphatic rings. The summed E-state index contributed by atoms with van der Waals surface area (Å²) in [6.45, 7) is 1.90. The van der Waals surface area contributed by atoms with Crippen molar-refractivity contribution < 1.29 is 49.0 Å². The number of carbonyl (C=O) groups excluding carboxylic acids is 1. The van der Waals surface area contributed by atoms with E-state index in [0.29, 0.717) is 0 Å². The van der Waals surface area contributed by atoms with Crippen LogP contribution in [-0.4, -0.2) is 23.7 Å². The Bertz CT molecular complexity index is 164. The van der Waals surface area contributed by atoms with Crippen LogP contribution in [0.15, 0.2) is 12.2 Å². The average Bonchev–Trinajstić information content (AvgIpc) is 1.85. The van der Waals surface area contributed by atoms with Crippen molar-refractivity contribution >= 4 is 11.9 Å². The maximum absolute atomic E-state index is 10.4. The average molecular weight is 167 g/mol. The quantitative estimate of drug-likeness (QED) is 0.280. The first kappa shape index (κ1) is 13.3. The van der Waals surface area contributed by atoms with E-state index in [4.69, 9.17) is 5.11 Å². The second-order valence-corrected chi connectivity index (χ2v) is 1.42. The van der Waals surface area contributed by atoms with Gasteiger partial charge in [-0.1, -0.05) is 0 Å². The molecule has 0 rings (SSSR count). The van der Waals surface area contributed by atoms with Crippen molar-refractivity contribution in [2.45, 2.75) is 6.92 Å². The van der Waals surface area contributed by atoms with Gasteiger partial charge in [-0.3, -0.25) is 0 Å². The smallest absolute Gasteiger partial charge is 0.478 e. The maximum Gasteiger partial charge on any atom is 1.00 e. The zero-order chi connectivity index (χ0) is 7.98. The van der Waals surface area contributed by atoms with Crippen LogP contribution < -0.4 is 29.6 Å². The molecule has 0 aromatic rings. The van der Waals surface area contributed by atoms with Crippen LogP contribution in [0.2, 0.25) is 0 Å². The Morgan fingerprint density at radius 3 is 2.36 bits per heavy atom. The molecule has 0 radical (unpaired) electrons. The molecule has 0 aromatic heterocycles. The van der Waals surface area contributed by atoms with Crippen molar-refractivity contribution in [3.05, 3.63) is 12.2 Å². The molecule has 0 heterocycles. The summed E-state index contributed by atoms with van der Waals surface area (Å²) in [7, 11) is 0. The van der Waals surface area contributed by atoms with E-state index in [1.807, 2.05) is 0 Å². The monoisotopic (exact) mass is 167 g/mol. The van der Waals surface area contributed by atoms with Gasteiger partial charge in [0.1, 0.15) is 0 Å². The minimum atomic E-state index is -1.16. The van der Waals surface area contributed by atoms with Crippen LogP contribution in [0.3, 0.4) is 0 Å².